The van der Waals surface area contributed by atoms with E-state index in [9.17, 15) is 18.0 Å². The van der Waals surface area contributed by atoms with Gasteiger partial charge in [-0.25, -0.2) is 8.42 Å². The van der Waals surface area contributed by atoms with E-state index in [1.54, 1.807) is 25.1 Å². The van der Waals surface area contributed by atoms with Crippen molar-refractivity contribution in [3.05, 3.63) is 23.8 Å². The SMILES string of the molecule is COCC(=O)Nc1ccc(NC(=O)CCS(C)(=O)=O)cc1C. The van der Waals surface area contributed by atoms with Crippen LogP contribution in [0.4, 0.5) is 11.4 Å². The topological polar surface area (TPSA) is 102 Å². The molecule has 7 nitrogen and oxygen atoms in total. The zero-order valence-electron chi connectivity index (χ0n) is 12.8. The van der Waals surface area contributed by atoms with Gasteiger partial charge in [0.25, 0.3) is 0 Å². The van der Waals surface area contributed by atoms with E-state index in [-0.39, 0.29) is 30.6 Å². The molecule has 2 N–H and O–H groups in total. The average molecular weight is 328 g/mol. The molecule has 1 aromatic carbocycles. The molecule has 0 aromatic heterocycles. The summed E-state index contributed by atoms with van der Waals surface area (Å²) in [5.74, 6) is -0.834. The second kappa shape index (κ2) is 7.90. The minimum atomic E-state index is -3.17. The lowest BCUT2D eigenvalue weighted by atomic mass is 10.1. The first-order valence-corrected chi connectivity index (χ1v) is 8.64. The van der Waals surface area contributed by atoms with Crippen molar-refractivity contribution in [1.82, 2.24) is 0 Å². The zero-order chi connectivity index (χ0) is 16.8. The first-order chi connectivity index (χ1) is 10.2. The Morgan fingerprint density at radius 2 is 1.86 bits per heavy atom. The lowest BCUT2D eigenvalue weighted by Crippen LogP contribution is -2.18. The Morgan fingerprint density at radius 1 is 1.18 bits per heavy atom. The molecule has 122 valence electrons. The number of anilines is 2. The van der Waals surface area contributed by atoms with E-state index in [1.165, 1.54) is 7.11 Å². The molecule has 1 aromatic rings. The fourth-order valence-electron chi connectivity index (χ4n) is 1.70. The van der Waals surface area contributed by atoms with Crippen LogP contribution in [0.5, 0.6) is 0 Å². The number of methoxy groups -OCH3 is 1. The van der Waals surface area contributed by atoms with Crippen molar-refractivity contribution < 1.29 is 22.7 Å². The van der Waals surface area contributed by atoms with Crippen molar-refractivity contribution in [2.75, 3.05) is 36.4 Å². The summed E-state index contributed by atoms with van der Waals surface area (Å²) in [6.07, 6.45) is 0.992. The minimum absolute atomic E-state index is 0.0383. The van der Waals surface area contributed by atoms with Gasteiger partial charge in [-0.3, -0.25) is 9.59 Å². The Bertz CT molecular complexity index is 655. The molecule has 0 fully saturated rings. The van der Waals surface area contributed by atoms with E-state index in [1.807, 2.05) is 0 Å². The van der Waals surface area contributed by atoms with Crippen LogP contribution in [-0.4, -0.2) is 46.0 Å². The Morgan fingerprint density at radius 3 is 2.41 bits per heavy atom. The normalized spacial score (nSPS) is 11.0. The second-order valence-electron chi connectivity index (χ2n) is 4.94. The summed E-state index contributed by atoms with van der Waals surface area (Å²) in [7, 11) is -1.73. The van der Waals surface area contributed by atoms with Crippen molar-refractivity contribution >= 4 is 33.0 Å². The number of hydrogen-bond donors (Lipinski definition) is 2. The van der Waals surface area contributed by atoms with Gasteiger partial charge in [-0.05, 0) is 30.7 Å². The second-order valence-corrected chi connectivity index (χ2v) is 7.20. The summed E-state index contributed by atoms with van der Waals surface area (Å²) in [5.41, 5.74) is 1.93. The molecule has 0 bridgehead atoms. The number of amides is 2. The lowest BCUT2D eigenvalue weighted by molar-refractivity contribution is -0.119. The van der Waals surface area contributed by atoms with Gasteiger partial charge in [-0.2, -0.15) is 0 Å². The van der Waals surface area contributed by atoms with Crippen LogP contribution in [0.1, 0.15) is 12.0 Å². The molecule has 0 aliphatic heterocycles. The van der Waals surface area contributed by atoms with Gasteiger partial charge in [0.2, 0.25) is 11.8 Å². The van der Waals surface area contributed by atoms with E-state index >= 15 is 0 Å². The monoisotopic (exact) mass is 328 g/mol. The molecule has 0 saturated heterocycles. The number of benzene rings is 1. The maximum Gasteiger partial charge on any atom is 0.250 e. The third-order valence-corrected chi connectivity index (χ3v) is 3.71. The summed E-state index contributed by atoms with van der Waals surface area (Å²) in [4.78, 5) is 23.1. The first kappa shape index (κ1) is 18.1. The summed E-state index contributed by atoms with van der Waals surface area (Å²) in [6, 6.07) is 4.99. The maximum atomic E-state index is 11.7. The van der Waals surface area contributed by atoms with E-state index in [0.717, 1.165) is 11.8 Å². The Balaban J connectivity index is 2.65. The van der Waals surface area contributed by atoms with Gasteiger partial charge in [0.05, 0.1) is 5.75 Å². The number of rotatable bonds is 7. The average Bonchev–Trinajstić information content (AvgIpc) is 2.39. The summed E-state index contributed by atoms with van der Waals surface area (Å²) in [5, 5.41) is 5.30. The fraction of sp³-hybridized carbons (Fsp3) is 0.429. The van der Waals surface area contributed by atoms with Crippen LogP contribution in [0.2, 0.25) is 0 Å². The molecule has 2 amide bonds. The van der Waals surface area contributed by atoms with Gasteiger partial charge < -0.3 is 15.4 Å². The molecule has 8 heteroatoms. The number of ether oxygens (including phenoxy) is 1. The number of carbonyl (C=O) groups is 2. The van der Waals surface area contributed by atoms with Crippen LogP contribution >= 0.6 is 0 Å². The maximum absolute atomic E-state index is 11.7. The first-order valence-electron chi connectivity index (χ1n) is 6.58. The van der Waals surface area contributed by atoms with Gasteiger partial charge in [0.15, 0.2) is 0 Å². The molecule has 0 saturated carbocycles. The number of sulfone groups is 1. The van der Waals surface area contributed by atoms with Crippen molar-refractivity contribution in [2.24, 2.45) is 0 Å². The van der Waals surface area contributed by atoms with Crippen LogP contribution in [0.3, 0.4) is 0 Å². The van der Waals surface area contributed by atoms with Gasteiger partial charge in [0.1, 0.15) is 16.4 Å². The van der Waals surface area contributed by atoms with Crippen LogP contribution < -0.4 is 10.6 Å². The smallest absolute Gasteiger partial charge is 0.250 e. The van der Waals surface area contributed by atoms with E-state index in [2.05, 4.69) is 10.6 Å². The molecule has 0 radical (unpaired) electrons. The van der Waals surface area contributed by atoms with Gasteiger partial charge in [0, 0.05) is 31.2 Å². The summed E-state index contributed by atoms with van der Waals surface area (Å²) in [6.45, 7) is 1.75. The fourth-order valence-corrected chi connectivity index (χ4v) is 2.26. The Hall–Kier alpha value is -1.93. The number of nitrogens with one attached hydrogen (secondary N) is 2. The zero-order valence-corrected chi connectivity index (χ0v) is 13.6. The minimum Gasteiger partial charge on any atom is -0.375 e. The largest absolute Gasteiger partial charge is 0.375 e. The third kappa shape index (κ3) is 6.68. The molecule has 0 spiro atoms. The van der Waals surface area contributed by atoms with Gasteiger partial charge in [-0.15, -0.1) is 0 Å². The quantitative estimate of drug-likeness (QED) is 0.776. The van der Waals surface area contributed by atoms with E-state index in [4.69, 9.17) is 4.74 Å². The molecule has 1 rings (SSSR count). The predicted molar refractivity (Wildman–Crippen MR) is 84.6 cm³/mol. The summed E-state index contributed by atoms with van der Waals surface area (Å²) < 4.78 is 26.8. The number of hydrogen-bond acceptors (Lipinski definition) is 5. The van der Waals surface area contributed by atoms with Crippen LogP contribution in [0.15, 0.2) is 18.2 Å². The van der Waals surface area contributed by atoms with Crippen LogP contribution in [-0.2, 0) is 24.2 Å². The molecule has 0 aliphatic rings. The highest BCUT2D eigenvalue weighted by atomic mass is 32.2. The van der Waals surface area contributed by atoms with Gasteiger partial charge >= 0.3 is 0 Å². The molecule has 0 aliphatic carbocycles. The van der Waals surface area contributed by atoms with E-state index < -0.39 is 9.84 Å². The third-order valence-electron chi connectivity index (χ3n) is 2.76. The molecular formula is C14H20N2O5S. The Kier molecular flexibility index (Phi) is 6.51. The van der Waals surface area contributed by atoms with Crippen molar-refractivity contribution in [1.29, 1.82) is 0 Å². The Labute approximate surface area is 130 Å². The standard InChI is InChI=1S/C14H20N2O5S/c1-10-8-11(15-13(17)6-7-22(3,19)20)4-5-12(10)16-14(18)9-21-2/h4-5,8H,6-7,9H2,1-3H3,(H,15,17)(H,16,18). The number of aryl methyl sites for hydroxylation is 1. The van der Waals surface area contributed by atoms with Crippen molar-refractivity contribution in [3.63, 3.8) is 0 Å². The molecule has 22 heavy (non-hydrogen) atoms. The highest BCUT2D eigenvalue weighted by Crippen LogP contribution is 2.19. The van der Waals surface area contributed by atoms with Crippen LogP contribution in [0.25, 0.3) is 0 Å². The molecular weight excluding hydrogens is 308 g/mol. The van der Waals surface area contributed by atoms with Crippen LogP contribution in [0, 0.1) is 6.92 Å². The molecule has 0 atom stereocenters. The molecule has 0 heterocycles. The lowest BCUT2D eigenvalue weighted by Gasteiger charge is -2.11. The van der Waals surface area contributed by atoms with Crippen molar-refractivity contribution in [3.8, 4) is 0 Å². The van der Waals surface area contributed by atoms with Gasteiger partial charge in [-0.1, -0.05) is 0 Å². The van der Waals surface area contributed by atoms with Crippen molar-refractivity contribution in [2.45, 2.75) is 13.3 Å². The predicted octanol–water partition coefficient (Wildman–Crippen LogP) is 0.953. The summed E-state index contributed by atoms with van der Waals surface area (Å²) >= 11 is 0. The van der Waals surface area contributed by atoms with E-state index in [0.29, 0.717) is 11.4 Å². The highest BCUT2D eigenvalue weighted by Gasteiger charge is 2.10. The highest BCUT2D eigenvalue weighted by molar-refractivity contribution is 7.90. The number of carbonyl (C=O) groups excluding carboxylic acids is 2. The molecule has 0 unspecified atom stereocenters.